The second-order valence-corrected chi connectivity index (χ2v) is 4.54. The van der Waals surface area contributed by atoms with Crippen molar-refractivity contribution in [3.63, 3.8) is 0 Å². The lowest BCUT2D eigenvalue weighted by molar-refractivity contribution is 0.300. The SMILES string of the molecule is Oc1ccc(OCc2cnc3ccc(Cl)cn23)cc1. The molecule has 0 unspecified atom stereocenters. The van der Waals surface area contributed by atoms with Crippen LogP contribution in [-0.4, -0.2) is 14.5 Å². The Labute approximate surface area is 114 Å². The molecule has 0 spiro atoms. The van der Waals surface area contributed by atoms with Crippen LogP contribution in [0.4, 0.5) is 0 Å². The first-order chi connectivity index (χ1) is 9.22. The zero-order valence-electron chi connectivity index (χ0n) is 9.95. The molecule has 3 rings (SSSR count). The van der Waals surface area contributed by atoms with E-state index < -0.39 is 0 Å². The monoisotopic (exact) mass is 274 g/mol. The number of halogens is 1. The first-order valence-corrected chi connectivity index (χ1v) is 6.13. The van der Waals surface area contributed by atoms with Crippen LogP contribution >= 0.6 is 11.6 Å². The van der Waals surface area contributed by atoms with Gasteiger partial charge >= 0.3 is 0 Å². The highest BCUT2D eigenvalue weighted by atomic mass is 35.5. The predicted molar refractivity (Wildman–Crippen MR) is 72.6 cm³/mol. The molecule has 0 saturated heterocycles. The summed E-state index contributed by atoms with van der Waals surface area (Å²) < 4.78 is 7.53. The van der Waals surface area contributed by atoms with Gasteiger partial charge in [0, 0.05) is 6.20 Å². The second-order valence-electron chi connectivity index (χ2n) is 4.11. The summed E-state index contributed by atoms with van der Waals surface area (Å²) in [5.41, 5.74) is 1.74. The minimum absolute atomic E-state index is 0.217. The first kappa shape index (κ1) is 11.9. The molecule has 0 aliphatic carbocycles. The van der Waals surface area contributed by atoms with Crippen molar-refractivity contribution in [1.82, 2.24) is 9.38 Å². The molecule has 5 heteroatoms. The van der Waals surface area contributed by atoms with Gasteiger partial charge in [0.2, 0.25) is 0 Å². The van der Waals surface area contributed by atoms with Crippen LogP contribution in [0.25, 0.3) is 5.65 Å². The molecule has 0 fully saturated rings. The summed E-state index contributed by atoms with van der Waals surface area (Å²) in [4.78, 5) is 4.27. The summed E-state index contributed by atoms with van der Waals surface area (Å²) in [7, 11) is 0. The van der Waals surface area contributed by atoms with Gasteiger partial charge in [-0.2, -0.15) is 0 Å². The Morgan fingerprint density at radius 3 is 2.74 bits per heavy atom. The maximum atomic E-state index is 9.20. The van der Waals surface area contributed by atoms with Gasteiger partial charge in [-0.1, -0.05) is 11.6 Å². The molecule has 19 heavy (non-hydrogen) atoms. The Morgan fingerprint density at radius 2 is 1.95 bits per heavy atom. The molecule has 0 radical (unpaired) electrons. The van der Waals surface area contributed by atoms with Gasteiger partial charge in [-0.25, -0.2) is 4.98 Å². The van der Waals surface area contributed by atoms with Crippen LogP contribution in [0.1, 0.15) is 5.69 Å². The van der Waals surface area contributed by atoms with Crippen LogP contribution in [0.3, 0.4) is 0 Å². The third kappa shape index (κ3) is 2.48. The van der Waals surface area contributed by atoms with E-state index in [0.29, 0.717) is 17.4 Å². The number of pyridine rings is 1. The highest BCUT2D eigenvalue weighted by Gasteiger charge is 2.04. The van der Waals surface area contributed by atoms with Crippen molar-refractivity contribution in [3.8, 4) is 11.5 Å². The highest BCUT2D eigenvalue weighted by molar-refractivity contribution is 6.30. The fourth-order valence-corrected chi connectivity index (χ4v) is 1.97. The van der Waals surface area contributed by atoms with Crippen molar-refractivity contribution in [2.24, 2.45) is 0 Å². The van der Waals surface area contributed by atoms with Crippen LogP contribution in [0.2, 0.25) is 5.02 Å². The number of rotatable bonds is 3. The number of aromatic nitrogens is 2. The molecule has 0 amide bonds. The molecule has 0 atom stereocenters. The Hall–Kier alpha value is -2.20. The van der Waals surface area contributed by atoms with Gasteiger partial charge in [-0.3, -0.25) is 4.40 Å². The van der Waals surface area contributed by atoms with Gasteiger partial charge in [0.1, 0.15) is 23.8 Å². The number of phenols is 1. The Morgan fingerprint density at radius 1 is 1.16 bits per heavy atom. The molecule has 96 valence electrons. The lowest BCUT2D eigenvalue weighted by Gasteiger charge is -2.06. The number of aromatic hydroxyl groups is 1. The summed E-state index contributed by atoms with van der Waals surface area (Å²) >= 11 is 5.96. The first-order valence-electron chi connectivity index (χ1n) is 5.76. The zero-order valence-corrected chi connectivity index (χ0v) is 10.7. The molecule has 1 aromatic carbocycles. The molecular formula is C14H11ClN2O2. The summed E-state index contributed by atoms with van der Waals surface area (Å²) in [5.74, 6) is 0.906. The molecule has 1 N–H and O–H groups in total. The molecule has 0 saturated carbocycles. The summed E-state index contributed by atoms with van der Waals surface area (Å²) in [5, 5.41) is 9.85. The minimum atomic E-state index is 0.217. The van der Waals surface area contributed by atoms with Crippen molar-refractivity contribution in [2.75, 3.05) is 0 Å². The van der Waals surface area contributed by atoms with Crippen molar-refractivity contribution >= 4 is 17.2 Å². The zero-order chi connectivity index (χ0) is 13.2. The fraction of sp³-hybridized carbons (Fsp3) is 0.0714. The predicted octanol–water partition coefficient (Wildman–Crippen LogP) is 3.27. The van der Waals surface area contributed by atoms with E-state index in [4.69, 9.17) is 16.3 Å². The number of hydrogen-bond donors (Lipinski definition) is 1. The van der Waals surface area contributed by atoms with Gasteiger partial charge < -0.3 is 9.84 Å². The molecular weight excluding hydrogens is 264 g/mol. The summed E-state index contributed by atoms with van der Waals surface area (Å²) in [6, 6.07) is 10.2. The van der Waals surface area contributed by atoms with E-state index in [1.165, 1.54) is 0 Å². The molecule has 2 heterocycles. The van der Waals surface area contributed by atoms with Crippen LogP contribution < -0.4 is 4.74 Å². The number of nitrogens with zero attached hydrogens (tertiary/aromatic N) is 2. The number of imidazole rings is 1. The van der Waals surface area contributed by atoms with Gasteiger partial charge in [-0.05, 0) is 36.4 Å². The van der Waals surface area contributed by atoms with E-state index in [1.54, 1.807) is 42.7 Å². The smallest absolute Gasteiger partial charge is 0.137 e. The minimum Gasteiger partial charge on any atom is -0.508 e. The van der Waals surface area contributed by atoms with Gasteiger partial charge in [0.05, 0.1) is 16.9 Å². The lowest BCUT2D eigenvalue weighted by atomic mass is 10.3. The van der Waals surface area contributed by atoms with Crippen LogP contribution in [0, 0.1) is 0 Å². The molecule has 4 nitrogen and oxygen atoms in total. The van der Waals surface area contributed by atoms with E-state index in [2.05, 4.69) is 4.98 Å². The van der Waals surface area contributed by atoms with E-state index >= 15 is 0 Å². The second kappa shape index (κ2) is 4.82. The van der Waals surface area contributed by atoms with Crippen LogP contribution in [-0.2, 0) is 6.61 Å². The molecule has 0 bridgehead atoms. The average molecular weight is 275 g/mol. The van der Waals surface area contributed by atoms with E-state index in [-0.39, 0.29) is 5.75 Å². The molecule has 0 aliphatic rings. The third-order valence-corrected chi connectivity index (χ3v) is 2.99. The van der Waals surface area contributed by atoms with E-state index in [9.17, 15) is 5.11 Å². The number of fused-ring (bicyclic) bond motifs is 1. The lowest BCUT2D eigenvalue weighted by Crippen LogP contribution is -1.99. The van der Waals surface area contributed by atoms with Crippen molar-refractivity contribution in [3.05, 3.63) is 59.5 Å². The number of ether oxygens (including phenoxy) is 1. The number of phenolic OH excluding ortho intramolecular Hbond substituents is 1. The quantitative estimate of drug-likeness (QED) is 0.797. The Bertz CT molecular complexity index is 707. The van der Waals surface area contributed by atoms with E-state index in [0.717, 1.165) is 11.3 Å². The van der Waals surface area contributed by atoms with Gasteiger partial charge in [0.25, 0.3) is 0 Å². The van der Waals surface area contributed by atoms with E-state index in [1.807, 2.05) is 10.5 Å². The maximum absolute atomic E-state index is 9.20. The summed E-state index contributed by atoms with van der Waals surface area (Å²) in [6.07, 6.45) is 3.56. The van der Waals surface area contributed by atoms with Crippen molar-refractivity contribution < 1.29 is 9.84 Å². The van der Waals surface area contributed by atoms with Crippen molar-refractivity contribution in [1.29, 1.82) is 0 Å². The normalized spacial score (nSPS) is 10.8. The highest BCUT2D eigenvalue weighted by Crippen LogP contribution is 2.18. The Kier molecular flexibility index (Phi) is 3.01. The third-order valence-electron chi connectivity index (χ3n) is 2.77. The standard InChI is InChI=1S/C14H11ClN2O2/c15-10-1-6-14-16-7-11(17(14)8-10)9-19-13-4-2-12(18)3-5-13/h1-8,18H,9H2. The number of benzene rings is 1. The topological polar surface area (TPSA) is 46.8 Å². The largest absolute Gasteiger partial charge is 0.508 e. The number of hydrogen-bond acceptors (Lipinski definition) is 3. The van der Waals surface area contributed by atoms with Crippen LogP contribution in [0.5, 0.6) is 11.5 Å². The Balaban J connectivity index is 1.81. The fourth-order valence-electron chi connectivity index (χ4n) is 1.81. The maximum Gasteiger partial charge on any atom is 0.137 e. The average Bonchev–Trinajstić information content (AvgIpc) is 2.80. The van der Waals surface area contributed by atoms with Crippen LogP contribution in [0.15, 0.2) is 48.8 Å². The van der Waals surface area contributed by atoms with Crippen molar-refractivity contribution in [2.45, 2.75) is 6.61 Å². The van der Waals surface area contributed by atoms with Gasteiger partial charge in [-0.15, -0.1) is 0 Å². The molecule has 3 aromatic rings. The molecule has 2 aromatic heterocycles. The summed E-state index contributed by atoms with van der Waals surface area (Å²) in [6.45, 7) is 0.381. The molecule has 0 aliphatic heterocycles. The van der Waals surface area contributed by atoms with Gasteiger partial charge in [0.15, 0.2) is 0 Å².